The van der Waals surface area contributed by atoms with Crippen LogP contribution in [0.5, 0.6) is 17.5 Å². The zero-order chi connectivity index (χ0) is 27.0. The van der Waals surface area contributed by atoms with Gasteiger partial charge in [0.15, 0.2) is 18.1 Å². The molecule has 0 unspecified atom stereocenters. The molecule has 0 spiro atoms. The summed E-state index contributed by atoms with van der Waals surface area (Å²) in [7, 11) is 3.04. The summed E-state index contributed by atoms with van der Waals surface area (Å²) in [6.45, 7) is -1.57. The van der Waals surface area contributed by atoms with Gasteiger partial charge < -0.3 is 14.2 Å². The number of hydrogen-bond donors (Lipinski definition) is 1. The van der Waals surface area contributed by atoms with Crippen molar-refractivity contribution in [2.75, 3.05) is 31.2 Å². The quantitative estimate of drug-likeness (QED) is 0.207. The number of alkyl halides is 3. The smallest absolute Gasteiger partial charge is 0.422 e. The zero-order valence-corrected chi connectivity index (χ0v) is 20.4. The van der Waals surface area contributed by atoms with Gasteiger partial charge in [-0.3, -0.25) is 4.90 Å². The second kappa shape index (κ2) is 11.9. The Morgan fingerprint density at radius 1 is 0.842 bits per heavy atom. The number of halogens is 3. The van der Waals surface area contributed by atoms with Crippen molar-refractivity contribution in [1.29, 1.82) is 0 Å². The lowest BCUT2D eigenvalue weighted by molar-refractivity contribution is -0.154. The fourth-order valence-corrected chi connectivity index (χ4v) is 3.34. The van der Waals surface area contributed by atoms with E-state index >= 15 is 0 Å². The van der Waals surface area contributed by atoms with E-state index in [2.05, 4.69) is 25.5 Å². The molecular formula is C26H23F3N6O3. The minimum absolute atomic E-state index is 0.0263. The Labute approximate surface area is 216 Å². The van der Waals surface area contributed by atoms with Gasteiger partial charge in [0.2, 0.25) is 5.95 Å². The summed E-state index contributed by atoms with van der Waals surface area (Å²) in [6.07, 6.45) is -3.11. The molecule has 0 aliphatic carbocycles. The zero-order valence-electron chi connectivity index (χ0n) is 20.4. The van der Waals surface area contributed by atoms with E-state index in [0.717, 1.165) is 0 Å². The van der Waals surface area contributed by atoms with E-state index in [1.165, 1.54) is 20.4 Å². The van der Waals surface area contributed by atoms with Crippen molar-refractivity contribution in [3.63, 3.8) is 0 Å². The van der Waals surface area contributed by atoms with Crippen LogP contribution in [0.2, 0.25) is 0 Å². The molecule has 196 valence electrons. The van der Waals surface area contributed by atoms with Gasteiger partial charge in [0.1, 0.15) is 0 Å². The number of rotatable bonds is 10. The molecule has 9 nitrogen and oxygen atoms in total. The lowest BCUT2D eigenvalue weighted by atomic mass is 10.2. The molecule has 0 amide bonds. The molecule has 1 N–H and O–H groups in total. The Bertz CT molecular complexity index is 1330. The van der Waals surface area contributed by atoms with E-state index in [4.69, 9.17) is 14.2 Å². The van der Waals surface area contributed by atoms with Crippen LogP contribution in [0.3, 0.4) is 0 Å². The third-order valence-electron chi connectivity index (χ3n) is 4.98. The second-order valence-corrected chi connectivity index (χ2v) is 7.64. The van der Waals surface area contributed by atoms with Crippen LogP contribution in [0.25, 0.3) is 0 Å². The number of para-hydroxylation sites is 2. The number of nitrogens with zero attached hydrogens (tertiary/aromatic N) is 5. The van der Waals surface area contributed by atoms with Gasteiger partial charge in [-0.25, -0.2) is 5.43 Å². The van der Waals surface area contributed by atoms with Crippen molar-refractivity contribution in [1.82, 2.24) is 15.0 Å². The number of aromatic nitrogens is 3. The molecule has 38 heavy (non-hydrogen) atoms. The molecule has 0 aliphatic heterocycles. The first-order valence-corrected chi connectivity index (χ1v) is 11.2. The molecule has 0 fully saturated rings. The standard InChI is InChI=1S/C26H23F3N6O3/c1-36-21-14-13-18(15-22(21)37-2)16-30-34-23-31-24(33-25(32-23)38-17-26(27,28)29)35(19-9-5-3-6-10-19)20-11-7-4-8-12-20/h3-16H,17H2,1-2H3,(H,31,32,33,34)/b30-16-. The minimum Gasteiger partial charge on any atom is -0.493 e. The van der Waals surface area contributed by atoms with E-state index in [1.54, 1.807) is 23.1 Å². The van der Waals surface area contributed by atoms with E-state index in [1.807, 2.05) is 60.7 Å². The van der Waals surface area contributed by atoms with Crippen molar-refractivity contribution in [2.45, 2.75) is 6.18 Å². The van der Waals surface area contributed by atoms with Crippen LogP contribution in [-0.4, -0.2) is 48.2 Å². The number of anilines is 4. The third kappa shape index (κ3) is 6.87. The average molecular weight is 525 g/mol. The van der Waals surface area contributed by atoms with Crippen LogP contribution in [0.4, 0.5) is 36.4 Å². The first-order valence-electron chi connectivity index (χ1n) is 11.2. The molecule has 0 aliphatic rings. The number of hydrazone groups is 1. The molecule has 0 bridgehead atoms. The minimum atomic E-state index is -4.58. The summed E-state index contributed by atoms with van der Waals surface area (Å²) in [4.78, 5) is 14.2. The van der Waals surface area contributed by atoms with Gasteiger partial charge in [-0.15, -0.1) is 0 Å². The number of benzene rings is 3. The maximum atomic E-state index is 12.9. The highest BCUT2D eigenvalue weighted by atomic mass is 19.4. The van der Waals surface area contributed by atoms with Gasteiger partial charge >= 0.3 is 12.2 Å². The highest BCUT2D eigenvalue weighted by Crippen LogP contribution is 2.33. The van der Waals surface area contributed by atoms with Crippen molar-refractivity contribution in [3.8, 4) is 17.5 Å². The highest BCUT2D eigenvalue weighted by molar-refractivity contribution is 5.81. The van der Waals surface area contributed by atoms with E-state index in [0.29, 0.717) is 28.4 Å². The van der Waals surface area contributed by atoms with Gasteiger partial charge in [0.05, 0.1) is 20.4 Å². The van der Waals surface area contributed by atoms with E-state index in [9.17, 15) is 13.2 Å². The number of hydrogen-bond acceptors (Lipinski definition) is 9. The number of ether oxygens (including phenoxy) is 3. The summed E-state index contributed by atoms with van der Waals surface area (Å²) < 4.78 is 54.0. The number of nitrogens with one attached hydrogen (secondary N) is 1. The number of methoxy groups -OCH3 is 2. The second-order valence-electron chi connectivity index (χ2n) is 7.64. The van der Waals surface area contributed by atoms with Crippen molar-refractivity contribution < 1.29 is 27.4 Å². The summed E-state index contributed by atoms with van der Waals surface area (Å²) >= 11 is 0. The summed E-state index contributed by atoms with van der Waals surface area (Å²) in [5.74, 6) is 0.954. The van der Waals surface area contributed by atoms with Gasteiger partial charge in [-0.2, -0.15) is 33.2 Å². The Morgan fingerprint density at radius 2 is 1.47 bits per heavy atom. The molecular weight excluding hydrogens is 501 g/mol. The topological polar surface area (TPSA) is 94.0 Å². The van der Waals surface area contributed by atoms with Crippen LogP contribution < -0.4 is 24.5 Å². The van der Waals surface area contributed by atoms with Crippen LogP contribution in [0.15, 0.2) is 84.0 Å². The Morgan fingerprint density at radius 3 is 2.05 bits per heavy atom. The van der Waals surface area contributed by atoms with E-state index < -0.39 is 18.8 Å². The van der Waals surface area contributed by atoms with Crippen LogP contribution in [0, 0.1) is 0 Å². The molecule has 0 radical (unpaired) electrons. The third-order valence-corrected chi connectivity index (χ3v) is 4.98. The predicted molar refractivity (Wildman–Crippen MR) is 137 cm³/mol. The molecule has 1 aromatic heterocycles. The summed E-state index contributed by atoms with van der Waals surface area (Å²) in [5, 5.41) is 4.12. The van der Waals surface area contributed by atoms with Crippen LogP contribution in [-0.2, 0) is 0 Å². The Hall–Kier alpha value is -4.87. The van der Waals surface area contributed by atoms with Crippen molar-refractivity contribution >= 4 is 29.5 Å². The molecule has 1 heterocycles. The first-order chi connectivity index (χ1) is 18.4. The largest absolute Gasteiger partial charge is 0.493 e. The van der Waals surface area contributed by atoms with Crippen molar-refractivity contribution in [3.05, 3.63) is 84.4 Å². The molecule has 12 heteroatoms. The molecule has 0 saturated carbocycles. The fraction of sp³-hybridized carbons (Fsp3) is 0.154. The average Bonchev–Trinajstić information content (AvgIpc) is 2.93. The Balaban J connectivity index is 1.70. The predicted octanol–water partition coefficient (Wildman–Crippen LogP) is 5.75. The lowest BCUT2D eigenvalue weighted by Crippen LogP contribution is -2.21. The lowest BCUT2D eigenvalue weighted by Gasteiger charge is -2.23. The molecule has 0 saturated heterocycles. The first kappa shape index (κ1) is 26.2. The molecule has 4 aromatic rings. The summed E-state index contributed by atoms with van der Waals surface area (Å²) in [6, 6.07) is 22.9. The maximum Gasteiger partial charge on any atom is 0.422 e. The van der Waals surface area contributed by atoms with Crippen LogP contribution in [0.1, 0.15) is 5.56 Å². The normalized spacial score (nSPS) is 11.3. The molecule has 3 aromatic carbocycles. The SMILES string of the molecule is COc1ccc(/C=N\Nc2nc(OCC(F)(F)F)nc(N(c3ccccc3)c3ccccc3)n2)cc1OC. The summed E-state index contributed by atoms with van der Waals surface area (Å²) in [5.41, 5.74) is 4.65. The van der Waals surface area contributed by atoms with Gasteiger partial charge in [0.25, 0.3) is 5.95 Å². The fourth-order valence-electron chi connectivity index (χ4n) is 3.34. The Kier molecular flexibility index (Phi) is 8.21. The highest BCUT2D eigenvalue weighted by Gasteiger charge is 2.29. The van der Waals surface area contributed by atoms with Crippen LogP contribution >= 0.6 is 0 Å². The van der Waals surface area contributed by atoms with Gasteiger partial charge in [-0.05, 0) is 48.0 Å². The molecule has 4 rings (SSSR count). The van der Waals surface area contributed by atoms with Crippen molar-refractivity contribution in [2.24, 2.45) is 5.10 Å². The monoisotopic (exact) mass is 524 g/mol. The van der Waals surface area contributed by atoms with Gasteiger partial charge in [-0.1, -0.05) is 36.4 Å². The molecule has 0 atom stereocenters. The maximum absolute atomic E-state index is 12.9. The van der Waals surface area contributed by atoms with E-state index in [-0.39, 0.29) is 11.9 Å². The van der Waals surface area contributed by atoms with Gasteiger partial charge in [0, 0.05) is 11.4 Å².